The smallest absolute Gasteiger partial charge is 0.148 e. The Balaban J connectivity index is 2.48. The molecule has 0 aliphatic carbocycles. The van der Waals surface area contributed by atoms with Gasteiger partial charge in [-0.3, -0.25) is 5.84 Å². The van der Waals surface area contributed by atoms with E-state index in [0.717, 1.165) is 0 Å². The van der Waals surface area contributed by atoms with Gasteiger partial charge in [0.15, 0.2) is 0 Å². The van der Waals surface area contributed by atoms with Gasteiger partial charge >= 0.3 is 0 Å². The lowest BCUT2D eigenvalue weighted by atomic mass is 9.99. The van der Waals surface area contributed by atoms with Gasteiger partial charge in [0, 0.05) is 10.0 Å². The maximum atomic E-state index is 14.1. The Morgan fingerprint density at radius 3 is 2.32 bits per heavy atom. The minimum absolute atomic E-state index is 0.0140. The Morgan fingerprint density at radius 2 is 1.74 bits per heavy atom. The molecular weight excluding hydrogens is 338 g/mol. The van der Waals surface area contributed by atoms with E-state index in [2.05, 4.69) is 21.4 Å². The van der Waals surface area contributed by atoms with Crippen LogP contribution in [0.15, 0.2) is 40.9 Å². The molecule has 0 saturated heterocycles. The standard InChI is InChI=1S/C13H10BrClF2N2/c14-10-6-5-9(12(17)11(10)15)13(19-18)7-1-3-8(16)4-2-7/h1-6,13,19H,18H2. The summed E-state index contributed by atoms with van der Waals surface area (Å²) < 4.78 is 27.5. The molecule has 0 saturated carbocycles. The molecule has 0 bridgehead atoms. The first kappa shape index (κ1) is 14.4. The number of rotatable bonds is 3. The normalized spacial score (nSPS) is 12.5. The molecule has 2 nitrogen and oxygen atoms in total. The van der Waals surface area contributed by atoms with E-state index in [1.54, 1.807) is 12.1 Å². The average Bonchev–Trinajstić information content (AvgIpc) is 2.41. The van der Waals surface area contributed by atoms with E-state index < -0.39 is 11.9 Å². The van der Waals surface area contributed by atoms with Gasteiger partial charge in [0.1, 0.15) is 11.6 Å². The van der Waals surface area contributed by atoms with Crippen molar-refractivity contribution in [2.24, 2.45) is 5.84 Å². The molecule has 0 aliphatic heterocycles. The summed E-state index contributed by atoms with van der Waals surface area (Å²) in [6, 6.07) is 8.25. The van der Waals surface area contributed by atoms with Crippen molar-refractivity contribution in [2.45, 2.75) is 6.04 Å². The van der Waals surface area contributed by atoms with Gasteiger partial charge in [0.25, 0.3) is 0 Å². The molecular formula is C13H10BrClF2N2. The Bertz CT molecular complexity index is 590. The van der Waals surface area contributed by atoms with Gasteiger partial charge in [0.05, 0.1) is 11.1 Å². The molecule has 0 amide bonds. The Hall–Kier alpha value is -1.01. The fourth-order valence-electron chi connectivity index (χ4n) is 1.78. The van der Waals surface area contributed by atoms with Crippen molar-refractivity contribution >= 4 is 27.5 Å². The zero-order valence-corrected chi connectivity index (χ0v) is 12.0. The zero-order chi connectivity index (χ0) is 14.0. The molecule has 3 N–H and O–H groups in total. The van der Waals surface area contributed by atoms with Gasteiger partial charge < -0.3 is 0 Å². The zero-order valence-electron chi connectivity index (χ0n) is 9.63. The van der Waals surface area contributed by atoms with E-state index in [0.29, 0.717) is 15.6 Å². The minimum atomic E-state index is -0.605. The molecule has 1 unspecified atom stereocenters. The molecule has 0 aromatic heterocycles. The lowest BCUT2D eigenvalue weighted by Gasteiger charge is -2.18. The fraction of sp³-hybridized carbons (Fsp3) is 0.0769. The molecule has 1 atom stereocenters. The highest BCUT2D eigenvalue weighted by molar-refractivity contribution is 9.10. The molecule has 100 valence electrons. The fourth-order valence-corrected chi connectivity index (χ4v) is 2.26. The van der Waals surface area contributed by atoms with Gasteiger partial charge in [0.2, 0.25) is 0 Å². The largest absolute Gasteiger partial charge is 0.271 e. The summed E-state index contributed by atoms with van der Waals surface area (Å²) in [5.74, 6) is 4.53. The predicted molar refractivity (Wildman–Crippen MR) is 74.7 cm³/mol. The van der Waals surface area contributed by atoms with Crippen LogP contribution in [-0.4, -0.2) is 0 Å². The van der Waals surface area contributed by atoms with E-state index in [1.165, 1.54) is 24.3 Å². The van der Waals surface area contributed by atoms with Crippen LogP contribution in [0.25, 0.3) is 0 Å². The number of nitrogens with two attached hydrogens (primary N) is 1. The molecule has 0 heterocycles. The third-order valence-corrected chi connectivity index (χ3v) is 4.00. The lowest BCUT2D eigenvalue weighted by molar-refractivity contribution is 0.558. The summed E-state index contributed by atoms with van der Waals surface area (Å²) in [5.41, 5.74) is 3.44. The Morgan fingerprint density at radius 1 is 1.11 bits per heavy atom. The van der Waals surface area contributed by atoms with Crippen molar-refractivity contribution in [2.75, 3.05) is 0 Å². The van der Waals surface area contributed by atoms with Crippen LogP contribution >= 0.6 is 27.5 Å². The summed E-state index contributed by atoms with van der Waals surface area (Å²) in [7, 11) is 0. The molecule has 2 aromatic carbocycles. The van der Waals surface area contributed by atoms with Gasteiger partial charge in [-0.15, -0.1) is 0 Å². The molecule has 19 heavy (non-hydrogen) atoms. The second-order valence-electron chi connectivity index (χ2n) is 3.92. The highest BCUT2D eigenvalue weighted by atomic mass is 79.9. The quantitative estimate of drug-likeness (QED) is 0.501. The summed E-state index contributed by atoms with van der Waals surface area (Å²) in [6.45, 7) is 0. The van der Waals surface area contributed by atoms with Gasteiger partial charge in [-0.2, -0.15) is 0 Å². The monoisotopic (exact) mass is 346 g/mol. The first-order valence-corrected chi connectivity index (χ1v) is 6.56. The average molecular weight is 348 g/mol. The van der Waals surface area contributed by atoms with E-state index in [1.807, 2.05) is 0 Å². The van der Waals surface area contributed by atoms with Crippen molar-refractivity contribution in [3.8, 4) is 0 Å². The molecule has 0 radical (unpaired) electrons. The van der Waals surface area contributed by atoms with E-state index in [-0.39, 0.29) is 10.8 Å². The number of hydrogen-bond donors (Lipinski definition) is 2. The number of nitrogens with one attached hydrogen (secondary N) is 1. The van der Waals surface area contributed by atoms with Crippen LogP contribution in [-0.2, 0) is 0 Å². The van der Waals surface area contributed by atoms with Gasteiger partial charge in [-0.05, 0) is 39.7 Å². The SMILES string of the molecule is NNC(c1ccc(F)cc1)c1ccc(Br)c(Cl)c1F. The van der Waals surface area contributed by atoms with Crippen LogP contribution in [0.5, 0.6) is 0 Å². The van der Waals surface area contributed by atoms with Crippen LogP contribution in [0, 0.1) is 11.6 Å². The first-order valence-electron chi connectivity index (χ1n) is 5.39. The number of benzene rings is 2. The number of hydrogen-bond acceptors (Lipinski definition) is 2. The third-order valence-electron chi connectivity index (χ3n) is 2.75. The highest BCUT2D eigenvalue weighted by Gasteiger charge is 2.19. The molecule has 0 spiro atoms. The second-order valence-corrected chi connectivity index (χ2v) is 5.15. The van der Waals surface area contributed by atoms with Crippen LogP contribution in [0.4, 0.5) is 8.78 Å². The van der Waals surface area contributed by atoms with Gasteiger partial charge in [-0.1, -0.05) is 29.8 Å². The van der Waals surface area contributed by atoms with Crippen LogP contribution in [0.2, 0.25) is 5.02 Å². The maximum absolute atomic E-state index is 14.1. The van der Waals surface area contributed by atoms with E-state index >= 15 is 0 Å². The second kappa shape index (κ2) is 5.96. The van der Waals surface area contributed by atoms with Crippen molar-refractivity contribution in [1.29, 1.82) is 0 Å². The minimum Gasteiger partial charge on any atom is -0.271 e. The van der Waals surface area contributed by atoms with Crippen LogP contribution < -0.4 is 11.3 Å². The lowest BCUT2D eigenvalue weighted by Crippen LogP contribution is -2.29. The number of hydrazine groups is 1. The molecule has 6 heteroatoms. The summed E-state index contributed by atoms with van der Waals surface area (Å²) in [5, 5.41) is -0.0140. The van der Waals surface area contributed by atoms with Crippen molar-refractivity contribution in [1.82, 2.24) is 5.43 Å². The highest BCUT2D eigenvalue weighted by Crippen LogP contribution is 2.32. The Labute approximate surface area is 122 Å². The molecule has 2 rings (SSSR count). The predicted octanol–water partition coefficient (Wildman–Crippen LogP) is 3.93. The van der Waals surface area contributed by atoms with E-state index in [9.17, 15) is 8.78 Å². The molecule has 2 aromatic rings. The maximum Gasteiger partial charge on any atom is 0.148 e. The van der Waals surface area contributed by atoms with E-state index in [4.69, 9.17) is 17.4 Å². The van der Waals surface area contributed by atoms with Crippen molar-refractivity contribution in [3.05, 3.63) is 68.7 Å². The Kier molecular flexibility index (Phi) is 4.52. The topological polar surface area (TPSA) is 38.0 Å². The van der Waals surface area contributed by atoms with Crippen LogP contribution in [0.1, 0.15) is 17.2 Å². The summed E-state index contributed by atoms with van der Waals surface area (Å²) in [6.07, 6.45) is 0. The summed E-state index contributed by atoms with van der Waals surface area (Å²) >= 11 is 8.99. The molecule has 0 aliphatic rings. The van der Waals surface area contributed by atoms with Crippen molar-refractivity contribution in [3.63, 3.8) is 0 Å². The molecule has 0 fully saturated rings. The summed E-state index contributed by atoms with van der Waals surface area (Å²) in [4.78, 5) is 0. The number of halogens is 4. The van der Waals surface area contributed by atoms with Crippen molar-refractivity contribution < 1.29 is 8.78 Å². The first-order chi connectivity index (χ1) is 9.04. The third kappa shape index (κ3) is 2.95. The van der Waals surface area contributed by atoms with Crippen LogP contribution in [0.3, 0.4) is 0 Å². The van der Waals surface area contributed by atoms with Gasteiger partial charge in [-0.25, -0.2) is 14.2 Å².